The predicted molar refractivity (Wildman–Crippen MR) is 104 cm³/mol. The standard InChI is InChI=1S/C20H24N2O4S/c1-15-4-6-16(7-5-15)8-11-20(24)21-18-14-17(9-10-19(18)23)27(25,26)22-12-2-3-13-22/h4-7,9-10,14,23H,2-3,8,11-13H2,1H3,(H,21,24). The van der Waals surface area contributed by atoms with E-state index in [9.17, 15) is 18.3 Å². The van der Waals surface area contributed by atoms with Gasteiger partial charge in [-0.15, -0.1) is 0 Å². The molecule has 1 saturated heterocycles. The lowest BCUT2D eigenvalue weighted by molar-refractivity contribution is -0.116. The lowest BCUT2D eigenvalue weighted by Gasteiger charge is -2.16. The van der Waals surface area contributed by atoms with Gasteiger partial charge in [0.2, 0.25) is 15.9 Å². The molecule has 0 atom stereocenters. The highest BCUT2D eigenvalue weighted by atomic mass is 32.2. The Labute approximate surface area is 159 Å². The molecule has 2 aromatic carbocycles. The fourth-order valence-corrected chi connectivity index (χ4v) is 4.62. The van der Waals surface area contributed by atoms with E-state index in [0.29, 0.717) is 19.5 Å². The van der Waals surface area contributed by atoms with Crippen molar-refractivity contribution in [3.63, 3.8) is 0 Å². The van der Waals surface area contributed by atoms with E-state index >= 15 is 0 Å². The van der Waals surface area contributed by atoms with Crippen LogP contribution >= 0.6 is 0 Å². The number of benzene rings is 2. The molecule has 0 unspecified atom stereocenters. The highest BCUT2D eigenvalue weighted by Crippen LogP contribution is 2.29. The third-order valence-electron chi connectivity index (χ3n) is 4.71. The van der Waals surface area contributed by atoms with Crippen molar-refractivity contribution in [3.05, 3.63) is 53.6 Å². The van der Waals surface area contributed by atoms with E-state index in [4.69, 9.17) is 0 Å². The highest BCUT2D eigenvalue weighted by molar-refractivity contribution is 7.89. The smallest absolute Gasteiger partial charge is 0.243 e. The number of anilines is 1. The number of phenols is 1. The molecule has 0 spiro atoms. The normalized spacial score (nSPS) is 15.0. The number of rotatable bonds is 6. The summed E-state index contributed by atoms with van der Waals surface area (Å²) in [5.41, 5.74) is 2.32. The largest absolute Gasteiger partial charge is 0.506 e. The number of aromatic hydroxyl groups is 1. The molecule has 1 aliphatic rings. The monoisotopic (exact) mass is 388 g/mol. The fraction of sp³-hybridized carbons (Fsp3) is 0.350. The minimum absolute atomic E-state index is 0.0797. The number of hydrogen-bond acceptors (Lipinski definition) is 4. The number of nitrogens with zero attached hydrogens (tertiary/aromatic N) is 1. The van der Waals surface area contributed by atoms with Gasteiger partial charge < -0.3 is 10.4 Å². The molecule has 2 aromatic rings. The molecule has 3 rings (SSSR count). The van der Waals surface area contributed by atoms with E-state index in [-0.39, 0.29) is 28.7 Å². The Morgan fingerprint density at radius 3 is 2.44 bits per heavy atom. The van der Waals surface area contributed by atoms with Gasteiger partial charge >= 0.3 is 0 Å². The quantitative estimate of drug-likeness (QED) is 0.745. The molecule has 144 valence electrons. The number of nitrogens with one attached hydrogen (secondary N) is 1. The number of hydrogen-bond donors (Lipinski definition) is 2. The fourth-order valence-electron chi connectivity index (χ4n) is 3.08. The molecule has 2 N–H and O–H groups in total. The van der Waals surface area contributed by atoms with Crippen molar-refractivity contribution in [2.45, 2.75) is 37.5 Å². The summed E-state index contributed by atoms with van der Waals surface area (Å²) in [5.74, 6) is -0.430. The van der Waals surface area contributed by atoms with Gasteiger partial charge in [0.1, 0.15) is 5.75 Å². The van der Waals surface area contributed by atoms with Crippen LogP contribution in [0.3, 0.4) is 0 Å². The zero-order valence-electron chi connectivity index (χ0n) is 15.3. The van der Waals surface area contributed by atoms with Crippen LogP contribution in [0, 0.1) is 6.92 Å². The van der Waals surface area contributed by atoms with Crippen LogP contribution < -0.4 is 5.32 Å². The zero-order valence-corrected chi connectivity index (χ0v) is 16.1. The summed E-state index contributed by atoms with van der Waals surface area (Å²) in [6.45, 7) is 3.01. The van der Waals surface area contributed by atoms with Gasteiger partial charge in [0.25, 0.3) is 0 Å². The maximum Gasteiger partial charge on any atom is 0.243 e. The first-order valence-corrected chi connectivity index (χ1v) is 10.5. The van der Waals surface area contributed by atoms with Crippen molar-refractivity contribution in [2.75, 3.05) is 18.4 Å². The van der Waals surface area contributed by atoms with Crippen molar-refractivity contribution >= 4 is 21.6 Å². The summed E-state index contributed by atoms with van der Waals surface area (Å²) in [6.07, 6.45) is 2.50. The molecule has 7 heteroatoms. The Kier molecular flexibility index (Phi) is 5.82. The second-order valence-corrected chi connectivity index (χ2v) is 8.76. The van der Waals surface area contributed by atoms with Gasteiger partial charge in [0.15, 0.2) is 0 Å². The SMILES string of the molecule is Cc1ccc(CCC(=O)Nc2cc(S(=O)(=O)N3CCCC3)ccc2O)cc1. The molecule has 0 aromatic heterocycles. The number of amides is 1. The van der Waals surface area contributed by atoms with Crippen LogP contribution in [-0.2, 0) is 21.2 Å². The summed E-state index contributed by atoms with van der Waals surface area (Å²) in [6, 6.07) is 11.9. The first kappa shape index (κ1) is 19.4. The van der Waals surface area contributed by atoms with Crippen LogP contribution in [0.15, 0.2) is 47.4 Å². The van der Waals surface area contributed by atoms with Crippen LogP contribution in [0.2, 0.25) is 0 Å². The number of phenolic OH excluding ortho intramolecular Hbond substituents is 1. The molecular weight excluding hydrogens is 364 g/mol. The summed E-state index contributed by atoms with van der Waals surface area (Å²) in [7, 11) is -3.60. The van der Waals surface area contributed by atoms with Gasteiger partial charge in [0, 0.05) is 19.5 Å². The van der Waals surface area contributed by atoms with E-state index < -0.39 is 10.0 Å². The Hall–Kier alpha value is -2.38. The lowest BCUT2D eigenvalue weighted by atomic mass is 10.1. The molecule has 0 bridgehead atoms. The molecule has 27 heavy (non-hydrogen) atoms. The maximum atomic E-state index is 12.7. The van der Waals surface area contributed by atoms with Gasteiger partial charge in [-0.1, -0.05) is 29.8 Å². The van der Waals surface area contributed by atoms with Crippen molar-refractivity contribution in [1.82, 2.24) is 4.31 Å². The van der Waals surface area contributed by atoms with E-state index in [1.165, 1.54) is 22.5 Å². The molecular formula is C20H24N2O4S. The van der Waals surface area contributed by atoms with Crippen LogP contribution in [0.1, 0.15) is 30.4 Å². The molecule has 0 aliphatic carbocycles. The molecule has 1 heterocycles. The molecule has 1 fully saturated rings. The molecule has 1 aliphatic heterocycles. The summed E-state index contributed by atoms with van der Waals surface area (Å²) < 4.78 is 26.7. The number of carbonyl (C=O) groups is 1. The van der Waals surface area contributed by atoms with Crippen molar-refractivity contribution in [2.24, 2.45) is 0 Å². The van der Waals surface area contributed by atoms with Crippen LogP contribution in [0.25, 0.3) is 0 Å². The minimum atomic E-state index is -3.60. The predicted octanol–water partition coefficient (Wildman–Crippen LogP) is 3.06. The molecule has 0 saturated carbocycles. The van der Waals surface area contributed by atoms with Gasteiger partial charge in [-0.3, -0.25) is 4.79 Å². The maximum absolute atomic E-state index is 12.7. The Balaban J connectivity index is 1.68. The van der Waals surface area contributed by atoms with E-state index in [1.807, 2.05) is 31.2 Å². The lowest BCUT2D eigenvalue weighted by Crippen LogP contribution is -2.28. The van der Waals surface area contributed by atoms with Crippen molar-refractivity contribution in [3.8, 4) is 5.75 Å². The number of aryl methyl sites for hydroxylation is 2. The Bertz CT molecular complexity index is 917. The second-order valence-electron chi connectivity index (χ2n) is 6.82. The van der Waals surface area contributed by atoms with Gasteiger partial charge in [-0.25, -0.2) is 8.42 Å². The third-order valence-corrected chi connectivity index (χ3v) is 6.60. The summed E-state index contributed by atoms with van der Waals surface area (Å²) in [4.78, 5) is 12.3. The zero-order chi connectivity index (χ0) is 19.4. The van der Waals surface area contributed by atoms with Gasteiger partial charge in [-0.05, 0) is 49.9 Å². The number of sulfonamides is 1. The Morgan fingerprint density at radius 2 is 1.78 bits per heavy atom. The van der Waals surface area contributed by atoms with Gasteiger partial charge in [0.05, 0.1) is 10.6 Å². The molecule has 6 nitrogen and oxygen atoms in total. The Morgan fingerprint density at radius 1 is 1.11 bits per heavy atom. The minimum Gasteiger partial charge on any atom is -0.506 e. The van der Waals surface area contributed by atoms with Crippen molar-refractivity contribution in [1.29, 1.82) is 0 Å². The molecule has 0 radical (unpaired) electrons. The second kappa shape index (κ2) is 8.10. The number of carbonyl (C=O) groups excluding carboxylic acids is 1. The van der Waals surface area contributed by atoms with Crippen LogP contribution in [0.5, 0.6) is 5.75 Å². The third kappa shape index (κ3) is 4.67. The molecule has 1 amide bonds. The van der Waals surface area contributed by atoms with E-state index in [1.54, 1.807) is 0 Å². The highest BCUT2D eigenvalue weighted by Gasteiger charge is 2.27. The van der Waals surface area contributed by atoms with Gasteiger partial charge in [-0.2, -0.15) is 4.31 Å². The first-order chi connectivity index (χ1) is 12.9. The first-order valence-electron chi connectivity index (χ1n) is 9.05. The average Bonchev–Trinajstić information content (AvgIpc) is 3.18. The van der Waals surface area contributed by atoms with Crippen molar-refractivity contribution < 1.29 is 18.3 Å². The van der Waals surface area contributed by atoms with Crippen LogP contribution in [-0.4, -0.2) is 36.8 Å². The topological polar surface area (TPSA) is 86.7 Å². The van der Waals surface area contributed by atoms with E-state index in [2.05, 4.69) is 5.32 Å². The summed E-state index contributed by atoms with van der Waals surface area (Å²) >= 11 is 0. The van der Waals surface area contributed by atoms with E-state index in [0.717, 1.165) is 24.0 Å². The van der Waals surface area contributed by atoms with Crippen LogP contribution in [0.4, 0.5) is 5.69 Å². The average molecular weight is 388 g/mol. The summed E-state index contributed by atoms with van der Waals surface area (Å²) in [5, 5.41) is 12.6.